The van der Waals surface area contributed by atoms with E-state index in [1.54, 1.807) is 12.3 Å². The van der Waals surface area contributed by atoms with Crippen molar-refractivity contribution in [2.24, 2.45) is 5.41 Å². The third kappa shape index (κ3) is 4.99. The molecule has 3 heterocycles. The van der Waals surface area contributed by atoms with Crippen molar-refractivity contribution in [1.82, 2.24) is 19.7 Å². The third-order valence-corrected chi connectivity index (χ3v) is 6.29. The Bertz CT molecular complexity index is 1340. The number of fused-ring (bicyclic) bond motifs is 1. The van der Waals surface area contributed by atoms with E-state index >= 15 is 0 Å². The van der Waals surface area contributed by atoms with Crippen LogP contribution in [-0.2, 0) is 16.1 Å². The topological polar surface area (TPSA) is 106 Å². The molecule has 0 fully saturated rings. The van der Waals surface area contributed by atoms with Crippen molar-refractivity contribution in [2.75, 3.05) is 19.0 Å². The molecule has 0 bridgehead atoms. The highest BCUT2D eigenvalue weighted by atomic mass is 32.1. The van der Waals surface area contributed by atoms with Gasteiger partial charge in [-0.05, 0) is 24.5 Å². The normalized spacial score (nSPS) is 15.8. The average Bonchev–Trinajstić information content (AvgIpc) is 3.42. The predicted molar refractivity (Wildman–Crippen MR) is 129 cm³/mol. The first-order valence-corrected chi connectivity index (χ1v) is 12.0. The maximum absolute atomic E-state index is 14.5. The summed E-state index contributed by atoms with van der Waals surface area (Å²) in [6.45, 7) is 7.20. The van der Waals surface area contributed by atoms with Crippen LogP contribution in [0.1, 0.15) is 49.7 Å². The number of aromatic nitrogens is 3. The van der Waals surface area contributed by atoms with E-state index in [4.69, 9.17) is 4.74 Å². The monoisotopic (exact) mass is 517 g/mol. The first kappa shape index (κ1) is 25.4. The Balaban J connectivity index is 1.47. The summed E-state index contributed by atoms with van der Waals surface area (Å²) in [5.74, 6) is -4.08. The second-order valence-corrected chi connectivity index (χ2v) is 10.6. The fourth-order valence-electron chi connectivity index (χ4n) is 3.65. The molecular formula is C24H25F2N5O4S. The van der Waals surface area contributed by atoms with Crippen molar-refractivity contribution in [3.8, 4) is 17.0 Å². The van der Waals surface area contributed by atoms with Crippen LogP contribution < -0.4 is 10.1 Å². The molecule has 12 heteroatoms. The zero-order chi connectivity index (χ0) is 26.4. The second-order valence-electron chi connectivity index (χ2n) is 9.73. The number of hydrogen-bond acceptors (Lipinski definition) is 7. The lowest BCUT2D eigenvalue weighted by molar-refractivity contribution is -0.129. The van der Waals surface area contributed by atoms with Gasteiger partial charge in [0.2, 0.25) is 11.8 Å². The minimum Gasteiger partial charge on any atom is -0.487 e. The van der Waals surface area contributed by atoms with Crippen LogP contribution in [0, 0.1) is 17.0 Å². The number of imide groups is 1. The summed E-state index contributed by atoms with van der Waals surface area (Å²) in [4.78, 5) is 42.6. The average molecular weight is 518 g/mol. The largest absolute Gasteiger partial charge is 0.487 e. The van der Waals surface area contributed by atoms with E-state index in [0.717, 1.165) is 28.4 Å². The van der Waals surface area contributed by atoms with Gasteiger partial charge in [0.1, 0.15) is 12.2 Å². The Morgan fingerprint density at radius 1 is 1.22 bits per heavy atom. The van der Waals surface area contributed by atoms with Crippen LogP contribution in [-0.4, -0.2) is 51.0 Å². The van der Waals surface area contributed by atoms with Crippen molar-refractivity contribution in [1.29, 1.82) is 0 Å². The lowest BCUT2D eigenvalue weighted by Gasteiger charge is -2.26. The Hall–Kier alpha value is -3.67. The number of thiazole rings is 1. The summed E-state index contributed by atoms with van der Waals surface area (Å²) in [7, 11) is 1.38. The van der Waals surface area contributed by atoms with Crippen molar-refractivity contribution in [3.05, 3.63) is 46.6 Å². The first-order valence-electron chi connectivity index (χ1n) is 11.1. The van der Waals surface area contributed by atoms with Crippen LogP contribution >= 0.6 is 11.3 Å². The molecule has 4 rings (SSSR count). The fourth-order valence-corrected chi connectivity index (χ4v) is 4.38. The van der Waals surface area contributed by atoms with Crippen LogP contribution in [0.25, 0.3) is 11.3 Å². The van der Waals surface area contributed by atoms with E-state index in [1.807, 2.05) is 20.8 Å². The van der Waals surface area contributed by atoms with Gasteiger partial charge in [-0.1, -0.05) is 20.8 Å². The summed E-state index contributed by atoms with van der Waals surface area (Å²) in [5, 5.41) is 8.47. The Labute approximate surface area is 210 Å². The number of anilines is 1. The number of rotatable bonds is 6. The molecule has 1 aliphatic rings. The minimum absolute atomic E-state index is 0.142. The molecule has 36 heavy (non-hydrogen) atoms. The van der Waals surface area contributed by atoms with Crippen LogP contribution in [0.5, 0.6) is 5.75 Å². The first-order chi connectivity index (χ1) is 16.9. The van der Waals surface area contributed by atoms with E-state index in [-0.39, 0.29) is 46.6 Å². The molecule has 9 nitrogen and oxygen atoms in total. The summed E-state index contributed by atoms with van der Waals surface area (Å²) in [6.07, 6.45) is 1.41. The molecule has 2 aromatic heterocycles. The van der Waals surface area contributed by atoms with E-state index in [2.05, 4.69) is 15.4 Å². The van der Waals surface area contributed by atoms with Crippen molar-refractivity contribution >= 4 is 34.2 Å². The lowest BCUT2D eigenvalue weighted by Crippen LogP contribution is -2.42. The summed E-state index contributed by atoms with van der Waals surface area (Å²) in [6, 6.07) is 2.25. The highest BCUT2D eigenvalue weighted by Crippen LogP contribution is 2.32. The zero-order valence-electron chi connectivity index (χ0n) is 20.4. The maximum Gasteiger partial charge on any atom is 0.278 e. The molecule has 3 amide bonds. The maximum atomic E-state index is 14.5. The predicted octanol–water partition coefficient (Wildman–Crippen LogP) is 4.06. The smallest absolute Gasteiger partial charge is 0.278 e. The van der Waals surface area contributed by atoms with E-state index in [9.17, 15) is 23.2 Å². The van der Waals surface area contributed by atoms with Crippen molar-refractivity contribution < 1.29 is 27.9 Å². The summed E-state index contributed by atoms with van der Waals surface area (Å²) >= 11 is 1.08. The van der Waals surface area contributed by atoms with Gasteiger partial charge in [0.05, 0.1) is 24.4 Å². The molecule has 0 saturated heterocycles. The molecule has 1 atom stereocenters. The Morgan fingerprint density at radius 2 is 1.89 bits per heavy atom. The molecule has 3 aromatic rings. The zero-order valence-corrected chi connectivity index (χ0v) is 21.2. The van der Waals surface area contributed by atoms with Gasteiger partial charge < -0.3 is 10.1 Å². The van der Waals surface area contributed by atoms with Gasteiger partial charge in [-0.15, -0.1) is 11.3 Å². The third-order valence-electron chi connectivity index (χ3n) is 5.53. The number of carbonyl (C=O) groups is 3. The quantitative estimate of drug-likeness (QED) is 0.494. The number of nitrogens with one attached hydrogen (secondary N) is 1. The van der Waals surface area contributed by atoms with E-state index < -0.39 is 35.1 Å². The molecule has 0 spiro atoms. The van der Waals surface area contributed by atoms with Crippen LogP contribution in [0.4, 0.5) is 13.9 Å². The second kappa shape index (κ2) is 9.41. The SMILES string of the molecule is CC1C(=O)N(C)C(=O)c2c1cnn2CC(=O)Nc1nc(-c2cc(F)c(OCC(C)(C)C)c(F)c2)cs1. The molecule has 1 aliphatic heterocycles. The van der Waals surface area contributed by atoms with Gasteiger partial charge in [-0.2, -0.15) is 5.10 Å². The van der Waals surface area contributed by atoms with Gasteiger partial charge in [0.15, 0.2) is 22.5 Å². The highest BCUT2D eigenvalue weighted by molar-refractivity contribution is 7.14. The van der Waals surface area contributed by atoms with Gasteiger partial charge in [0.25, 0.3) is 5.91 Å². The molecule has 1 unspecified atom stereocenters. The molecular weight excluding hydrogens is 492 g/mol. The molecule has 0 saturated carbocycles. The van der Waals surface area contributed by atoms with Crippen molar-refractivity contribution in [3.63, 3.8) is 0 Å². The van der Waals surface area contributed by atoms with Crippen LogP contribution in [0.15, 0.2) is 23.7 Å². The molecule has 1 N–H and O–H groups in total. The molecule has 0 aliphatic carbocycles. The van der Waals surface area contributed by atoms with Gasteiger partial charge in [-0.3, -0.25) is 24.0 Å². The highest BCUT2D eigenvalue weighted by Gasteiger charge is 2.37. The number of nitrogens with zero attached hydrogens (tertiary/aromatic N) is 4. The van der Waals surface area contributed by atoms with Gasteiger partial charge in [0, 0.05) is 23.6 Å². The summed E-state index contributed by atoms with van der Waals surface area (Å²) < 4.78 is 35.6. The fraction of sp³-hybridized carbons (Fsp3) is 0.375. The van der Waals surface area contributed by atoms with Gasteiger partial charge in [-0.25, -0.2) is 13.8 Å². The molecule has 0 radical (unpaired) electrons. The number of amides is 3. The van der Waals surface area contributed by atoms with Crippen molar-refractivity contribution in [2.45, 2.75) is 40.2 Å². The molecule has 190 valence electrons. The standard InChI is InChI=1S/C24H25F2N5O4S/c1-12-14-8-27-31(19(14)22(34)30(5)21(12)33)9-18(32)29-23-28-17(10-36-23)13-6-15(25)20(16(26)7-13)35-11-24(2,3)4/h6-8,10,12H,9,11H2,1-5H3,(H,28,29,32). The number of hydrogen-bond donors (Lipinski definition) is 1. The number of benzene rings is 1. The van der Waals surface area contributed by atoms with Gasteiger partial charge >= 0.3 is 0 Å². The summed E-state index contributed by atoms with van der Waals surface area (Å²) in [5.41, 5.74) is 0.841. The molecule has 1 aromatic carbocycles. The Kier molecular flexibility index (Phi) is 6.65. The lowest BCUT2D eigenvalue weighted by atomic mass is 9.96. The Morgan fingerprint density at radius 3 is 2.53 bits per heavy atom. The number of ether oxygens (including phenoxy) is 1. The van der Waals surface area contributed by atoms with E-state index in [1.165, 1.54) is 17.9 Å². The number of halogens is 2. The minimum atomic E-state index is -0.848. The van der Waals surface area contributed by atoms with Crippen LogP contribution in [0.2, 0.25) is 0 Å². The number of likely N-dealkylation sites (N-methyl/N-ethyl adjacent to an activating group) is 1. The number of carbonyl (C=O) groups excluding carboxylic acids is 3. The van der Waals surface area contributed by atoms with Crippen LogP contribution in [0.3, 0.4) is 0 Å². The van der Waals surface area contributed by atoms with E-state index in [0.29, 0.717) is 5.56 Å².